The van der Waals surface area contributed by atoms with E-state index in [-0.39, 0.29) is 11.3 Å². The fraction of sp³-hybridized carbons (Fsp3) is 0.600. The smallest absolute Gasteiger partial charge is 0.201 e. The van der Waals surface area contributed by atoms with Crippen molar-refractivity contribution < 1.29 is 13.5 Å². The van der Waals surface area contributed by atoms with Crippen molar-refractivity contribution in [2.24, 2.45) is 11.8 Å². The van der Waals surface area contributed by atoms with E-state index in [2.05, 4.69) is 18.8 Å². The summed E-state index contributed by atoms with van der Waals surface area (Å²) in [4.78, 5) is 0. The number of ether oxygens (including phenoxy) is 1. The van der Waals surface area contributed by atoms with Gasteiger partial charge in [-0.3, -0.25) is 0 Å². The molecular formula is C20H26F2O. The summed E-state index contributed by atoms with van der Waals surface area (Å²) in [7, 11) is 0. The molecule has 0 aromatic heterocycles. The fourth-order valence-electron chi connectivity index (χ4n) is 3.16. The highest BCUT2D eigenvalue weighted by molar-refractivity contribution is 5.41. The molecule has 2 rings (SSSR count). The van der Waals surface area contributed by atoms with Gasteiger partial charge in [-0.25, -0.2) is 4.39 Å². The van der Waals surface area contributed by atoms with Gasteiger partial charge in [-0.1, -0.05) is 38.0 Å². The van der Waals surface area contributed by atoms with E-state index in [4.69, 9.17) is 4.74 Å². The third-order valence-corrected chi connectivity index (χ3v) is 4.57. The standard InChI is InChI=1S/C20H26F2O/c1-3-5-6-15-7-9-16(10-8-15)11-12-17-13-14-18(23-4-2)20(22)19(17)21/h13-16H,3-10H2,1-2H3. The van der Waals surface area contributed by atoms with Gasteiger partial charge in [0, 0.05) is 5.92 Å². The molecule has 0 N–H and O–H groups in total. The minimum absolute atomic E-state index is 0.0491. The Morgan fingerprint density at radius 2 is 1.83 bits per heavy atom. The molecule has 0 saturated heterocycles. The van der Waals surface area contributed by atoms with Gasteiger partial charge < -0.3 is 4.74 Å². The Bertz CT molecular complexity index is 563. The molecule has 23 heavy (non-hydrogen) atoms. The third kappa shape index (κ3) is 4.96. The van der Waals surface area contributed by atoms with Crippen LogP contribution in [0.5, 0.6) is 5.75 Å². The van der Waals surface area contributed by atoms with E-state index in [0.717, 1.165) is 18.8 Å². The van der Waals surface area contributed by atoms with Crippen molar-refractivity contribution >= 4 is 0 Å². The number of rotatable bonds is 5. The predicted molar refractivity (Wildman–Crippen MR) is 89.4 cm³/mol. The molecule has 1 aromatic carbocycles. The molecule has 0 bridgehead atoms. The number of unbranched alkanes of at least 4 members (excludes halogenated alkanes) is 1. The van der Waals surface area contributed by atoms with Crippen LogP contribution in [0.25, 0.3) is 0 Å². The Morgan fingerprint density at radius 3 is 2.48 bits per heavy atom. The Morgan fingerprint density at radius 1 is 1.09 bits per heavy atom. The van der Waals surface area contributed by atoms with E-state index in [1.54, 1.807) is 6.92 Å². The first-order valence-electron chi connectivity index (χ1n) is 8.78. The molecule has 3 heteroatoms. The van der Waals surface area contributed by atoms with Crippen LogP contribution >= 0.6 is 0 Å². The molecule has 0 atom stereocenters. The molecular weight excluding hydrogens is 294 g/mol. The zero-order chi connectivity index (χ0) is 16.7. The Hall–Kier alpha value is -1.56. The van der Waals surface area contributed by atoms with Crippen LogP contribution in [0.3, 0.4) is 0 Å². The number of hydrogen-bond acceptors (Lipinski definition) is 1. The molecule has 0 spiro atoms. The van der Waals surface area contributed by atoms with Gasteiger partial charge in [-0.05, 0) is 50.7 Å². The largest absolute Gasteiger partial charge is 0.491 e. The van der Waals surface area contributed by atoms with Gasteiger partial charge in [0.15, 0.2) is 11.6 Å². The number of halogens is 2. The van der Waals surface area contributed by atoms with Crippen LogP contribution in [0.4, 0.5) is 8.78 Å². The predicted octanol–water partition coefficient (Wildman–Crippen LogP) is 5.71. The van der Waals surface area contributed by atoms with Crippen LogP contribution < -0.4 is 4.74 Å². The van der Waals surface area contributed by atoms with Crippen molar-refractivity contribution in [3.63, 3.8) is 0 Å². The molecule has 0 unspecified atom stereocenters. The third-order valence-electron chi connectivity index (χ3n) is 4.57. The zero-order valence-electron chi connectivity index (χ0n) is 14.1. The summed E-state index contributed by atoms with van der Waals surface area (Å²) in [5.74, 6) is 5.21. The maximum Gasteiger partial charge on any atom is 0.201 e. The lowest BCUT2D eigenvalue weighted by Crippen LogP contribution is -2.13. The van der Waals surface area contributed by atoms with Crippen molar-refractivity contribution in [3.8, 4) is 17.6 Å². The summed E-state index contributed by atoms with van der Waals surface area (Å²) in [5.41, 5.74) is 0.124. The monoisotopic (exact) mass is 320 g/mol. The van der Waals surface area contributed by atoms with E-state index in [0.29, 0.717) is 12.5 Å². The highest BCUT2D eigenvalue weighted by Crippen LogP contribution is 2.31. The van der Waals surface area contributed by atoms with E-state index in [9.17, 15) is 8.78 Å². The van der Waals surface area contributed by atoms with Gasteiger partial charge >= 0.3 is 0 Å². The van der Waals surface area contributed by atoms with Crippen LogP contribution in [0, 0.1) is 35.3 Å². The van der Waals surface area contributed by atoms with E-state index >= 15 is 0 Å². The molecule has 126 valence electrons. The summed E-state index contributed by atoms with van der Waals surface area (Å²) in [6, 6.07) is 2.96. The lowest BCUT2D eigenvalue weighted by atomic mass is 9.80. The minimum Gasteiger partial charge on any atom is -0.491 e. The second kappa shape index (κ2) is 8.91. The molecule has 0 amide bonds. The number of benzene rings is 1. The van der Waals surface area contributed by atoms with Gasteiger partial charge in [0.05, 0.1) is 12.2 Å². The molecule has 0 radical (unpaired) electrons. The van der Waals surface area contributed by atoms with E-state index in [1.807, 2.05) is 0 Å². The molecule has 1 fully saturated rings. The van der Waals surface area contributed by atoms with Crippen LogP contribution in [0.2, 0.25) is 0 Å². The highest BCUT2D eigenvalue weighted by Gasteiger charge is 2.19. The fourth-order valence-corrected chi connectivity index (χ4v) is 3.16. The highest BCUT2D eigenvalue weighted by atomic mass is 19.2. The van der Waals surface area contributed by atoms with Crippen molar-refractivity contribution in [3.05, 3.63) is 29.3 Å². The number of hydrogen-bond donors (Lipinski definition) is 0. The topological polar surface area (TPSA) is 9.23 Å². The van der Waals surface area contributed by atoms with Gasteiger partial charge in [0.25, 0.3) is 0 Å². The van der Waals surface area contributed by atoms with E-state index < -0.39 is 11.6 Å². The summed E-state index contributed by atoms with van der Waals surface area (Å²) in [6.45, 7) is 4.27. The van der Waals surface area contributed by atoms with Crippen molar-refractivity contribution in [1.29, 1.82) is 0 Å². The van der Waals surface area contributed by atoms with Gasteiger partial charge in [-0.2, -0.15) is 4.39 Å². The second-order valence-corrected chi connectivity index (χ2v) is 6.30. The lowest BCUT2D eigenvalue weighted by Gasteiger charge is -2.25. The second-order valence-electron chi connectivity index (χ2n) is 6.30. The van der Waals surface area contributed by atoms with Crippen LogP contribution in [0.1, 0.15) is 64.4 Å². The van der Waals surface area contributed by atoms with Crippen molar-refractivity contribution in [2.45, 2.75) is 58.8 Å². The Balaban J connectivity index is 1.96. The quantitative estimate of drug-likeness (QED) is 0.631. The molecule has 1 saturated carbocycles. The van der Waals surface area contributed by atoms with Gasteiger partial charge in [0.1, 0.15) is 0 Å². The summed E-state index contributed by atoms with van der Waals surface area (Å²) >= 11 is 0. The molecule has 1 nitrogen and oxygen atoms in total. The minimum atomic E-state index is -0.943. The van der Waals surface area contributed by atoms with Gasteiger partial charge in [-0.15, -0.1) is 0 Å². The Labute approximate surface area is 138 Å². The normalized spacial score (nSPS) is 20.7. The first-order valence-corrected chi connectivity index (χ1v) is 8.78. The summed E-state index contributed by atoms with van der Waals surface area (Å²) in [6.07, 6.45) is 8.43. The molecule has 0 aliphatic heterocycles. The average Bonchev–Trinajstić information content (AvgIpc) is 2.57. The lowest BCUT2D eigenvalue weighted by molar-refractivity contribution is 0.296. The van der Waals surface area contributed by atoms with Crippen LogP contribution in [0.15, 0.2) is 12.1 Å². The van der Waals surface area contributed by atoms with Crippen molar-refractivity contribution in [1.82, 2.24) is 0 Å². The average molecular weight is 320 g/mol. The molecule has 1 aromatic rings. The molecule has 1 aliphatic carbocycles. The Kier molecular flexibility index (Phi) is 6.89. The van der Waals surface area contributed by atoms with E-state index in [1.165, 1.54) is 44.2 Å². The first kappa shape index (κ1) is 17.8. The maximum atomic E-state index is 14.0. The van der Waals surface area contributed by atoms with Crippen molar-refractivity contribution in [2.75, 3.05) is 6.61 Å². The van der Waals surface area contributed by atoms with Crippen LogP contribution in [-0.4, -0.2) is 6.61 Å². The zero-order valence-corrected chi connectivity index (χ0v) is 14.1. The van der Waals surface area contributed by atoms with Crippen LogP contribution in [-0.2, 0) is 0 Å². The maximum absolute atomic E-state index is 14.0. The first-order chi connectivity index (χ1) is 11.2. The van der Waals surface area contributed by atoms with Gasteiger partial charge in [0.2, 0.25) is 5.82 Å². The summed E-state index contributed by atoms with van der Waals surface area (Å²) in [5, 5.41) is 0. The SMILES string of the molecule is CCCCC1CCC(C#Cc2ccc(OCC)c(F)c2F)CC1. The summed E-state index contributed by atoms with van der Waals surface area (Å²) < 4.78 is 32.8. The molecule has 1 aliphatic rings. The molecule has 0 heterocycles.